The van der Waals surface area contributed by atoms with Crippen molar-refractivity contribution >= 4 is 27.8 Å². The Hall–Kier alpha value is -4.32. The van der Waals surface area contributed by atoms with Crippen LogP contribution >= 0.6 is 0 Å². The van der Waals surface area contributed by atoms with Gasteiger partial charge >= 0.3 is 0 Å². The van der Waals surface area contributed by atoms with Crippen molar-refractivity contribution in [3.05, 3.63) is 90.0 Å². The first kappa shape index (κ1) is 19.6. The molecule has 0 radical (unpaired) electrons. The second-order valence-electron chi connectivity index (χ2n) is 7.48. The van der Waals surface area contributed by atoms with Crippen molar-refractivity contribution in [1.82, 2.24) is 9.97 Å². The molecule has 3 aromatic carbocycles. The van der Waals surface area contributed by atoms with E-state index in [9.17, 15) is 4.79 Å². The average molecular weight is 423 g/mol. The maximum Gasteiger partial charge on any atom is 0.250 e. The van der Waals surface area contributed by atoms with Crippen LogP contribution in [0.4, 0.5) is 0 Å². The number of rotatable bonds is 6. The third-order valence-electron chi connectivity index (χ3n) is 5.42. The van der Waals surface area contributed by atoms with Crippen molar-refractivity contribution in [2.45, 2.75) is 6.61 Å². The topological polar surface area (TPSA) is 90.2 Å². The van der Waals surface area contributed by atoms with Crippen molar-refractivity contribution in [3.8, 4) is 22.8 Å². The molecule has 0 atom stereocenters. The number of aromatic amines is 1. The summed E-state index contributed by atoms with van der Waals surface area (Å²) in [6.07, 6.45) is 0. The fourth-order valence-corrected chi connectivity index (χ4v) is 3.77. The molecule has 158 valence electrons. The molecule has 5 aromatic rings. The van der Waals surface area contributed by atoms with Gasteiger partial charge in [0.1, 0.15) is 18.1 Å². The summed E-state index contributed by atoms with van der Waals surface area (Å²) in [5, 5.41) is 0.893. The van der Waals surface area contributed by atoms with Gasteiger partial charge in [-0.2, -0.15) is 0 Å². The van der Waals surface area contributed by atoms with Crippen molar-refractivity contribution in [2.24, 2.45) is 5.73 Å². The number of carbonyl (C=O) groups is 1. The minimum Gasteiger partial charge on any atom is -0.497 e. The number of H-pyrrole nitrogens is 1. The summed E-state index contributed by atoms with van der Waals surface area (Å²) in [6, 6.07) is 25.0. The Labute approximate surface area is 184 Å². The molecule has 6 heteroatoms. The standard InChI is InChI=1S/C26H21N3O3/c1-31-18-9-7-17(8-10-18)22-14-21(26(27)30)25-24(28-22)20-12-11-19(13-23(20)29-25)32-15-16-5-3-2-4-6-16/h2-14,29H,15H2,1H3,(H2,27,30). The molecular weight excluding hydrogens is 402 g/mol. The second-order valence-corrected chi connectivity index (χ2v) is 7.48. The number of methoxy groups -OCH3 is 1. The smallest absolute Gasteiger partial charge is 0.250 e. The number of nitrogens with one attached hydrogen (secondary N) is 1. The number of aromatic nitrogens is 2. The molecule has 0 aliphatic rings. The Kier molecular flexibility index (Phi) is 4.95. The molecule has 2 heterocycles. The van der Waals surface area contributed by atoms with Crippen LogP contribution in [0.5, 0.6) is 11.5 Å². The molecule has 0 bridgehead atoms. The van der Waals surface area contributed by atoms with Crippen LogP contribution in [-0.2, 0) is 6.61 Å². The Bertz CT molecular complexity index is 1420. The number of ether oxygens (including phenoxy) is 2. The van der Waals surface area contributed by atoms with Crippen molar-refractivity contribution in [2.75, 3.05) is 7.11 Å². The van der Waals surface area contributed by atoms with Gasteiger partial charge in [0, 0.05) is 17.0 Å². The Morgan fingerprint density at radius 2 is 1.72 bits per heavy atom. The number of nitrogens with two attached hydrogens (primary N) is 1. The first-order valence-electron chi connectivity index (χ1n) is 10.2. The molecule has 3 N–H and O–H groups in total. The molecule has 0 spiro atoms. The van der Waals surface area contributed by atoms with E-state index in [4.69, 9.17) is 20.2 Å². The Balaban J connectivity index is 1.57. The van der Waals surface area contributed by atoms with Crippen LogP contribution in [0.25, 0.3) is 33.2 Å². The van der Waals surface area contributed by atoms with Crippen LogP contribution in [0, 0.1) is 0 Å². The summed E-state index contributed by atoms with van der Waals surface area (Å²) in [7, 11) is 1.62. The maximum absolute atomic E-state index is 12.2. The predicted molar refractivity (Wildman–Crippen MR) is 125 cm³/mol. The number of primary amides is 1. The molecule has 0 saturated carbocycles. The zero-order valence-corrected chi connectivity index (χ0v) is 17.5. The SMILES string of the molecule is COc1ccc(-c2cc(C(N)=O)c3[nH]c4cc(OCc5ccccc5)ccc4c3n2)cc1. The zero-order valence-electron chi connectivity index (χ0n) is 17.5. The fourth-order valence-electron chi connectivity index (χ4n) is 3.77. The number of amides is 1. The van der Waals surface area contributed by atoms with Gasteiger partial charge in [-0.15, -0.1) is 0 Å². The molecule has 6 nitrogen and oxygen atoms in total. The molecule has 32 heavy (non-hydrogen) atoms. The summed E-state index contributed by atoms with van der Waals surface area (Å²) >= 11 is 0. The largest absolute Gasteiger partial charge is 0.497 e. The van der Waals surface area contributed by atoms with Gasteiger partial charge in [-0.25, -0.2) is 4.98 Å². The van der Waals surface area contributed by atoms with E-state index in [1.165, 1.54) is 0 Å². The van der Waals surface area contributed by atoms with Gasteiger partial charge in [-0.3, -0.25) is 4.79 Å². The lowest BCUT2D eigenvalue weighted by atomic mass is 10.1. The third kappa shape index (κ3) is 3.63. The first-order valence-corrected chi connectivity index (χ1v) is 10.2. The molecule has 2 aromatic heterocycles. The lowest BCUT2D eigenvalue weighted by Crippen LogP contribution is -2.12. The lowest BCUT2D eigenvalue weighted by Gasteiger charge is -2.07. The van der Waals surface area contributed by atoms with Gasteiger partial charge in [0.05, 0.1) is 34.9 Å². The van der Waals surface area contributed by atoms with Crippen molar-refractivity contribution in [1.29, 1.82) is 0 Å². The van der Waals surface area contributed by atoms with Gasteiger partial charge in [0.25, 0.3) is 5.91 Å². The lowest BCUT2D eigenvalue weighted by molar-refractivity contribution is 0.100. The van der Waals surface area contributed by atoms with E-state index < -0.39 is 5.91 Å². The number of carbonyl (C=O) groups excluding carboxylic acids is 1. The van der Waals surface area contributed by atoms with Crippen LogP contribution in [0.15, 0.2) is 78.9 Å². The zero-order chi connectivity index (χ0) is 22.1. The Morgan fingerprint density at radius 1 is 0.969 bits per heavy atom. The monoisotopic (exact) mass is 423 g/mol. The number of benzene rings is 3. The average Bonchev–Trinajstić information content (AvgIpc) is 3.20. The van der Waals surface area contributed by atoms with Crippen molar-refractivity contribution in [3.63, 3.8) is 0 Å². The van der Waals surface area contributed by atoms with Gasteiger partial charge in [-0.05, 0) is 48.0 Å². The maximum atomic E-state index is 12.2. The third-order valence-corrected chi connectivity index (χ3v) is 5.42. The quantitative estimate of drug-likeness (QED) is 0.399. The van der Waals surface area contributed by atoms with E-state index >= 15 is 0 Å². The molecular formula is C26H21N3O3. The molecule has 0 saturated heterocycles. The van der Waals surface area contributed by atoms with Crippen LogP contribution in [-0.4, -0.2) is 23.0 Å². The molecule has 0 unspecified atom stereocenters. The minimum absolute atomic E-state index is 0.392. The molecule has 0 fully saturated rings. The number of hydrogen-bond acceptors (Lipinski definition) is 4. The van der Waals surface area contributed by atoms with Crippen LogP contribution < -0.4 is 15.2 Å². The molecule has 0 aliphatic heterocycles. The highest BCUT2D eigenvalue weighted by molar-refractivity contribution is 6.14. The normalized spacial score (nSPS) is 11.0. The van der Waals surface area contributed by atoms with Gasteiger partial charge in [0.15, 0.2) is 0 Å². The molecule has 0 aliphatic carbocycles. The van der Waals surface area contributed by atoms with Crippen LogP contribution in [0.3, 0.4) is 0 Å². The summed E-state index contributed by atoms with van der Waals surface area (Å²) in [5.41, 5.74) is 10.9. The van der Waals surface area contributed by atoms with Gasteiger partial charge < -0.3 is 20.2 Å². The van der Waals surface area contributed by atoms with Crippen LogP contribution in [0.2, 0.25) is 0 Å². The Morgan fingerprint density at radius 3 is 2.44 bits per heavy atom. The van der Waals surface area contributed by atoms with E-state index in [1.807, 2.05) is 72.8 Å². The van der Waals surface area contributed by atoms with Gasteiger partial charge in [0.2, 0.25) is 0 Å². The molecule has 5 rings (SSSR count). The van der Waals surface area contributed by atoms with E-state index in [0.717, 1.165) is 33.5 Å². The summed E-state index contributed by atoms with van der Waals surface area (Å²) in [5.74, 6) is 0.961. The number of hydrogen-bond donors (Lipinski definition) is 2. The van der Waals surface area contributed by atoms with Crippen LogP contribution in [0.1, 0.15) is 15.9 Å². The molecule has 1 amide bonds. The highest BCUT2D eigenvalue weighted by atomic mass is 16.5. The highest BCUT2D eigenvalue weighted by Gasteiger charge is 2.16. The highest BCUT2D eigenvalue weighted by Crippen LogP contribution is 2.32. The van der Waals surface area contributed by atoms with Gasteiger partial charge in [-0.1, -0.05) is 30.3 Å². The second kappa shape index (κ2) is 8.07. The van der Waals surface area contributed by atoms with E-state index in [1.54, 1.807) is 13.2 Å². The van der Waals surface area contributed by atoms with E-state index in [0.29, 0.717) is 28.9 Å². The minimum atomic E-state index is -0.515. The predicted octanol–water partition coefficient (Wildman–Crippen LogP) is 5.07. The number of pyridine rings is 1. The summed E-state index contributed by atoms with van der Waals surface area (Å²) in [6.45, 7) is 0.471. The number of nitrogens with zero attached hydrogens (tertiary/aromatic N) is 1. The first-order chi connectivity index (χ1) is 15.6. The van der Waals surface area contributed by atoms with Crippen molar-refractivity contribution < 1.29 is 14.3 Å². The summed E-state index contributed by atoms with van der Waals surface area (Å²) < 4.78 is 11.2. The van der Waals surface area contributed by atoms with E-state index in [-0.39, 0.29) is 0 Å². The number of fused-ring (bicyclic) bond motifs is 3. The summed E-state index contributed by atoms with van der Waals surface area (Å²) in [4.78, 5) is 20.4. The fraction of sp³-hybridized carbons (Fsp3) is 0.0769. The van der Waals surface area contributed by atoms with E-state index in [2.05, 4.69) is 4.98 Å².